The second-order valence-corrected chi connectivity index (χ2v) is 6.49. The molecule has 142 valence electrons. The first-order chi connectivity index (χ1) is 13.0. The van der Waals surface area contributed by atoms with Gasteiger partial charge in [-0.2, -0.15) is 0 Å². The number of hydrogen-bond donors (Lipinski definition) is 0. The minimum Gasteiger partial charge on any atom is -0.454 e. The van der Waals surface area contributed by atoms with Gasteiger partial charge < -0.3 is 19.1 Å². The van der Waals surface area contributed by atoms with Crippen molar-refractivity contribution in [1.82, 2.24) is 4.90 Å². The summed E-state index contributed by atoms with van der Waals surface area (Å²) in [5.41, 5.74) is 3.21. The summed E-state index contributed by atoms with van der Waals surface area (Å²) in [6.07, 6.45) is 0. The fraction of sp³-hybridized carbons (Fsp3) is 0.333. The number of fused-ring (bicyclic) bond motifs is 1. The molecule has 27 heavy (non-hydrogen) atoms. The van der Waals surface area contributed by atoms with Crippen molar-refractivity contribution in [1.29, 1.82) is 0 Å². The third-order valence-corrected chi connectivity index (χ3v) is 4.48. The SMILES string of the molecule is CCN(Cc1ccc2c(c1)OCO2)C(=O)COC(=O)c1cc(C)ccc1C. The molecule has 0 atom stereocenters. The molecule has 2 aromatic rings. The molecule has 0 bridgehead atoms. The van der Waals surface area contributed by atoms with E-state index in [-0.39, 0.29) is 19.3 Å². The molecule has 2 aromatic carbocycles. The summed E-state index contributed by atoms with van der Waals surface area (Å²) in [5.74, 6) is 0.658. The van der Waals surface area contributed by atoms with Gasteiger partial charge in [-0.1, -0.05) is 23.8 Å². The Kier molecular flexibility index (Phi) is 5.64. The second-order valence-electron chi connectivity index (χ2n) is 6.49. The number of nitrogens with zero attached hydrogens (tertiary/aromatic N) is 1. The van der Waals surface area contributed by atoms with Gasteiger partial charge in [0.2, 0.25) is 6.79 Å². The zero-order valence-electron chi connectivity index (χ0n) is 15.8. The number of hydrogen-bond acceptors (Lipinski definition) is 5. The average molecular weight is 369 g/mol. The van der Waals surface area contributed by atoms with Crippen molar-refractivity contribution in [2.45, 2.75) is 27.3 Å². The van der Waals surface area contributed by atoms with Crippen molar-refractivity contribution < 1.29 is 23.8 Å². The number of benzene rings is 2. The maximum atomic E-state index is 12.5. The van der Waals surface area contributed by atoms with E-state index in [4.69, 9.17) is 14.2 Å². The van der Waals surface area contributed by atoms with Crippen LogP contribution in [0, 0.1) is 13.8 Å². The van der Waals surface area contributed by atoms with Gasteiger partial charge in [-0.3, -0.25) is 4.79 Å². The molecule has 0 saturated carbocycles. The molecule has 0 radical (unpaired) electrons. The summed E-state index contributed by atoms with van der Waals surface area (Å²) in [6.45, 7) is 6.48. The van der Waals surface area contributed by atoms with E-state index in [1.807, 2.05) is 51.1 Å². The fourth-order valence-electron chi connectivity index (χ4n) is 2.89. The van der Waals surface area contributed by atoms with E-state index in [1.54, 1.807) is 11.0 Å². The van der Waals surface area contributed by atoms with Gasteiger partial charge in [-0.25, -0.2) is 4.79 Å². The smallest absolute Gasteiger partial charge is 0.338 e. The van der Waals surface area contributed by atoms with Gasteiger partial charge in [0.05, 0.1) is 5.56 Å². The summed E-state index contributed by atoms with van der Waals surface area (Å²) in [6, 6.07) is 11.2. The molecule has 0 aliphatic carbocycles. The number of esters is 1. The Morgan fingerprint density at radius 1 is 1.07 bits per heavy atom. The summed E-state index contributed by atoms with van der Waals surface area (Å²) >= 11 is 0. The number of ether oxygens (including phenoxy) is 3. The van der Waals surface area contributed by atoms with Gasteiger partial charge in [-0.15, -0.1) is 0 Å². The van der Waals surface area contributed by atoms with Crippen LogP contribution < -0.4 is 9.47 Å². The van der Waals surface area contributed by atoms with Crippen molar-refractivity contribution in [3.63, 3.8) is 0 Å². The number of aryl methyl sites for hydroxylation is 2. The van der Waals surface area contributed by atoms with Crippen LogP contribution in [0.2, 0.25) is 0 Å². The van der Waals surface area contributed by atoms with Crippen LogP contribution in [0.25, 0.3) is 0 Å². The maximum Gasteiger partial charge on any atom is 0.338 e. The van der Waals surface area contributed by atoms with E-state index >= 15 is 0 Å². The van der Waals surface area contributed by atoms with Gasteiger partial charge in [0, 0.05) is 13.1 Å². The maximum absolute atomic E-state index is 12.5. The van der Waals surface area contributed by atoms with Gasteiger partial charge in [-0.05, 0) is 50.1 Å². The van der Waals surface area contributed by atoms with Crippen LogP contribution in [0.5, 0.6) is 11.5 Å². The first-order valence-electron chi connectivity index (χ1n) is 8.88. The highest BCUT2D eigenvalue weighted by Gasteiger charge is 2.19. The highest BCUT2D eigenvalue weighted by Crippen LogP contribution is 2.32. The Bertz CT molecular complexity index is 862. The molecule has 0 N–H and O–H groups in total. The van der Waals surface area contributed by atoms with Crippen LogP contribution in [0.3, 0.4) is 0 Å². The second kappa shape index (κ2) is 8.12. The van der Waals surface area contributed by atoms with E-state index < -0.39 is 5.97 Å². The Morgan fingerprint density at radius 2 is 1.85 bits per heavy atom. The van der Waals surface area contributed by atoms with Gasteiger partial charge >= 0.3 is 5.97 Å². The summed E-state index contributed by atoms with van der Waals surface area (Å²) < 4.78 is 15.9. The lowest BCUT2D eigenvalue weighted by Crippen LogP contribution is -2.34. The van der Waals surface area contributed by atoms with Crippen LogP contribution in [-0.4, -0.2) is 36.7 Å². The summed E-state index contributed by atoms with van der Waals surface area (Å²) in [7, 11) is 0. The highest BCUT2D eigenvalue weighted by atomic mass is 16.7. The minimum atomic E-state index is -0.483. The van der Waals surface area contributed by atoms with E-state index in [0.29, 0.717) is 30.2 Å². The predicted molar refractivity (Wildman–Crippen MR) is 99.9 cm³/mol. The Hall–Kier alpha value is -3.02. The lowest BCUT2D eigenvalue weighted by molar-refractivity contribution is -0.134. The molecule has 0 spiro atoms. The van der Waals surface area contributed by atoms with Crippen molar-refractivity contribution in [2.24, 2.45) is 0 Å². The lowest BCUT2D eigenvalue weighted by Gasteiger charge is -2.21. The molecule has 1 aliphatic rings. The monoisotopic (exact) mass is 369 g/mol. The molecule has 0 aromatic heterocycles. The van der Waals surface area contributed by atoms with Crippen molar-refractivity contribution in [2.75, 3.05) is 19.9 Å². The van der Waals surface area contributed by atoms with Crippen LogP contribution in [0.1, 0.15) is 34.0 Å². The average Bonchev–Trinajstić information content (AvgIpc) is 3.13. The molecule has 1 heterocycles. The van der Waals surface area contributed by atoms with Crippen LogP contribution >= 0.6 is 0 Å². The van der Waals surface area contributed by atoms with Crippen LogP contribution in [-0.2, 0) is 16.1 Å². The summed E-state index contributed by atoms with van der Waals surface area (Å²) in [4.78, 5) is 26.4. The van der Waals surface area contributed by atoms with Gasteiger partial charge in [0.25, 0.3) is 5.91 Å². The molecular formula is C21H23NO5. The molecular weight excluding hydrogens is 346 g/mol. The number of carbonyl (C=O) groups is 2. The Labute approximate surface area is 158 Å². The van der Waals surface area contributed by atoms with Crippen LogP contribution in [0.4, 0.5) is 0 Å². The largest absolute Gasteiger partial charge is 0.454 e. The van der Waals surface area contributed by atoms with Gasteiger partial charge in [0.15, 0.2) is 18.1 Å². The fourth-order valence-corrected chi connectivity index (χ4v) is 2.89. The number of carbonyl (C=O) groups excluding carboxylic acids is 2. The molecule has 0 fully saturated rings. The van der Waals surface area contributed by atoms with Crippen molar-refractivity contribution in [3.8, 4) is 11.5 Å². The van der Waals surface area contributed by atoms with E-state index in [2.05, 4.69) is 0 Å². The highest BCUT2D eigenvalue weighted by molar-refractivity contribution is 5.92. The molecule has 0 unspecified atom stereocenters. The van der Waals surface area contributed by atoms with Crippen LogP contribution in [0.15, 0.2) is 36.4 Å². The molecule has 6 heteroatoms. The third kappa shape index (κ3) is 4.39. The topological polar surface area (TPSA) is 65.1 Å². The van der Waals surface area contributed by atoms with E-state index in [0.717, 1.165) is 16.7 Å². The Balaban J connectivity index is 1.60. The quantitative estimate of drug-likeness (QED) is 0.732. The van der Waals surface area contributed by atoms with E-state index in [9.17, 15) is 9.59 Å². The predicted octanol–water partition coefficient (Wildman–Crippen LogP) is 3.24. The normalized spacial score (nSPS) is 12.0. The Morgan fingerprint density at radius 3 is 2.63 bits per heavy atom. The molecule has 1 amide bonds. The molecule has 3 rings (SSSR count). The van der Waals surface area contributed by atoms with E-state index in [1.165, 1.54) is 0 Å². The number of likely N-dealkylation sites (N-methyl/N-ethyl adjacent to an activating group) is 1. The number of rotatable bonds is 6. The first kappa shape index (κ1) is 18.8. The minimum absolute atomic E-state index is 0.212. The van der Waals surface area contributed by atoms with Gasteiger partial charge in [0.1, 0.15) is 0 Å². The molecule has 6 nitrogen and oxygen atoms in total. The molecule has 0 saturated heterocycles. The molecule has 1 aliphatic heterocycles. The summed E-state index contributed by atoms with van der Waals surface area (Å²) in [5, 5.41) is 0. The lowest BCUT2D eigenvalue weighted by atomic mass is 10.1. The first-order valence-corrected chi connectivity index (χ1v) is 8.88. The number of amides is 1. The van der Waals surface area contributed by atoms with Crippen molar-refractivity contribution >= 4 is 11.9 Å². The van der Waals surface area contributed by atoms with Crippen molar-refractivity contribution in [3.05, 3.63) is 58.7 Å². The zero-order valence-corrected chi connectivity index (χ0v) is 15.8. The standard InChI is InChI=1S/C21H23NO5/c1-4-22(11-16-7-8-18-19(10-16)27-13-26-18)20(23)12-25-21(24)17-9-14(2)5-6-15(17)3/h5-10H,4,11-13H2,1-3H3. The zero-order chi connectivity index (χ0) is 19.4. The third-order valence-electron chi connectivity index (χ3n) is 4.48.